The van der Waals surface area contributed by atoms with Gasteiger partial charge in [-0.15, -0.1) is 0 Å². The highest BCUT2D eigenvalue weighted by Crippen LogP contribution is 2.29. The van der Waals surface area contributed by atoms with Gasteiger partial charge in [-0.25, -0.2) is 4.39 Å². The third kappa shape index (κ3) is 3.62. The van der Waals surface area contributed by atoms with Crippen LogP contribution in [0.1, 0.15) is 33.1 Å². The molecule has 1 aromatic carbocycles. The molecule has 0 radical (unpaired) electrons. The van der Waals surface area contributed by atoms with Gasteiger partial charge in [0, 0.05) is 25.8 Å². The van der Waals surface area contributed by atoms with Crippen LogP contribution in [0, 0.1) is 17.7 Å². The van der Waals surface area contributed by atoms with Crippen LogP contribution in [0.4, 0.5) is 15.8 Å². The highest BCUT2D eigenvalue weighted by atomic mass is 19.1. The van der Waals surface area contributed by atoms with Crippen LogP contribution in [-0.2, 0) is 0 Å². The number of nitrogens with zero attached hydrogens (tertiary/aromatic N) is 1. The molecule has 1 aliphatic heterocycles. The zero-order valence-corrected chi connectivity index (χ0v) is 12.2. The van der Waals surface area contributed by atoms with Gasteiger partial charge in [0.05, 0.1) is 5.69 Å². The topological polar surface area (TPSA) is 15.3 Å². The Morgan fingerprint density at radius 3 is 2.53 bits per heavy atom. The molecule has 0 aliphatic carbocycles. The van der Waals surface area contributed by atoms with Crippen molar-refractivity contribution in [2.75, 3.05) is 30.4 Å². The third-order valence-electron chi connectivity index (χ3n) is 4.01. The van der Waals surface area contributed by atoms with E-state index in [1.165, 1.54) is 19.3 Å². The van der Waals surface area contributed by atoms with E-state index in [9.17, 15) is 4.39 Å². The molecule has 1 heterocycles. The summed E-state index contributed by atoms with van der Waals surface area (Å²) in [5.41, 5.74) is 1.58. The first-order valence-electron chi connectivity index (χ1n) is 7.32. The summed E-state index contributed by atoms with van der Waals surface area (Å²) in [5.74, 6) is 1.46. The van der Waals surface area contributed by atoms with Crippen molar-refractivity contribution in [3.63, 3.8) is 0 Å². The smallest absolute Gasteiger partial charge is 0.148 e. The van der Waals surface area contributed by atoms with Gasteiger partial charge in [-0.2, -0.15) is 0 Å². The van der Waals surface area contributed by atoms with Gasteiger partial charge in [0.15, 0.2) is 0 Å². The molecule has 0 bridgehead atoms. The summed E-state index contributed by atoms with van der Waals surface area (Å²) in [7, 11) is 1.75. The van der Waals surface area contributed by atoms with Crippen LogP contribution in [0.3, 0.4) is 0 Å². The van der Waals surface area contributed by atoms with Gasteiger partial charge in [0.2, 0.25) is 0 Å². The number of hydrogen-bond donors (Lipinski definition) is 1. The second kappa shape index (κ2) is 6.27. The Hall–Kier alpha value is -1.25. The molecule has 0 saturated carbocycles. The summed E-state index contributed by atoms with van der Waals surface area (Å²) in [4.78, 5) is 2.30. The van der Waals surface area contributed by atoms with Crippen LogP contribution in [0.5, 0.6) is 0 Å². The van der Waals surface area contributed by atoms with Gasteiger partial charge in [-0.3, -0.25) is 0 Å². The van der Waals surface area contributed by atoms with Gasteiger partial charge < -0.3 is 10.2 Å². The lowest BCUT2D eigenvalue weighted by molar-refractivity contribution is 0.338. The maximum atomic E-state index is 13.8. The fraction of sp³-hybridized carbons (Fsp3) is 0.625. The van der Waals surface area contributed by atoms with Crippen molar-refractivity contribution in [1.29, 1.82) is 0 Å². The molecule has 0 aromatic heterocycles. The standard InChI is InChI=1S/C16H25FN2/c1-12(2)10-13-6-8-19(9-7-13)14-4-5-16(18-3)15(17)11-14/h4-5,11-13,18H,6-10H2,1-3H3. The van der Waals surface area contributed by atoms with Crippen LogP contribution in [0.15, 0.2) is 18.2 Å². The van der Waals surface area contributed by atoms with E-state index >= 15 is 0 Å². The summed E-state index contributed by atoms with van der Waals surface area (Å²) in [6, 6.07) is 5.48. The molecule has 3 heteroatoms. The van der Waals surface area contributed by atoms with Crippen molar-refractivity contribution in [2.24, 2.45) is 11.8 Å². The number of rotatable bonds is 4. The Morgan fingerprint density at radius 2 is 2.00 bits per heavy atom. The van der Waals surface area contributed by atoms with E-state index in [1.807, 2.05) is 12.1 Å². The lowest BCUT2D eigenvalue weighted by Crippen LogP contribution is -2.34. The number of benzene rings is 1. The molecule has 0 atom stereocenters. The second-order valence-corrected chi connectivity index (χ2v) is 5.97. The third-order valence-corrected chi connectivity index (χ3v) is 4.01. The minimum atomic E-state index is -0.163. The average Bonchev–Trinajstić information content (AvgIpc) is 2.39. The summed E-state index contributed by atoms with van der Waals surface area (Å²) >= 11 is 0. The maximum absolute atomic E-state index is 13.8. The van der Waals surface area contributed by atoms with Gasteiger partial charge in [-0.05, 0) is 49.3 Å². The van der Waals surface area contributed by atoms with E-state index < -0.39 is 0 Å². The normalized spacial score (nSPS) is 17.0. The van der Waals surface area contributed by atoms with Crippen molar-refractivity contribution in [2.45, 2.75) is 33.1 Å². The molecule has 1 aliphatic rings. The highest BCUT2D eigenvalue weighted by molar-refractivity contribution is 5.56. The fourth-order valence-electron chi connectivity index (χ4n) is 3.00. The molecular formula is C16H25FN2. The largest absolute Gasteiger partial charge is 0.386 e. The van der Waals surface area contributed by atoms with Crippen LogP contribution >= 0.6 is 0 Å². The van der Waals surface area contributed by atoms with Crippen molar-refractivity contribution < 1.29 is 4.39 Å². The molecular weight excluding hydrogens is 239 g/mol. The van der Waals surface area contributed by atoms with Gasteiger partial charge in [0.25, 0.3) is 0 Å². The lowest BCUT2D eigenvalue weighted by Gasteiger charge is -2.34. The Bertz CT molecular complexity index is 409. The molecule has 1 fully saturated rings. The molecule has 1 N–H and O–H groups in total. The van der Waals surface area contributed by atoms with Crippen LogP contribution in [-0.4, -0.2) is 20.1 Å². The molecule has 2 rings (SSSR count). The molecule has 2 nitrogen and oxygen atoms in total. The molecule has 106 valence electrons. The Kier molecular flexibility index (Phi) is 4.67. The number of piperidine rings is 1. The number of halogens is 1. The molecule has 0 unspecified atom stereocenters. The molecule has 0 amide bonds. The van der Waals surface area contributed by atoms with E-state index in [4.69, 9.17) is 0 Å². The van der Waals surface area contributed by atoms with Gasteiger partial charge >= 0.3 is 0 Å². The van der Waals surface area contributed by atoms with Crippen LogP contribution in [0.25, 0.3) is 0 Å². The van der Waals surface area contributed by atoms with E-state index in [1.54, 1.807) is 13.1 Å². The Labute approximate surface area is 116 Å². The number of hydrogen-bond acceptors (Lipinski definition) is 2. The predicted octanol–water partition coefficient (Wildman–Crippen LogP) is 4.13. The number of nitrogens with one attached hydrogen (secondary N) is 1. The van der Waals surface area contributed by atoms with E-state index in [2.05, 4.69) is 24.1 Å². The Balaban J connectivity index is 1.96. The van der Waals surface area contributed by atoms with E-state index in [-0.39, 0.29) is 5.82 Å². The van der Waals surface area contributed by atoms with Gasteiger partial charge in [0.1, 0.15) is 5.82 Å². The highest BCUT2D eigenvalue weighted by Gasteiger charge is 2.20. The zero-order chi connectivity index (χ0) is 13.8. The first kappa shape index (κ1) is 14.2. The van der Waals surface area contributed by atoms with E-state index in [0.717, 1.165) is 30.6 Å². The second-order valence-electron chi connectivity index (χ2n) is 5.97. The quantitative estimate of drug-likeness (QED) is 0.879. The average molecular weight is 264 g/mol. The van der Waals surface area contributed by atoms with Crippen molar-refractivity contribution in [3.8, 4) is 0 Å². The van der Waals surface area contributed by atoms with Crippen LogP contribution < -0.4 is 10.2 Å². The monoisotopic (exact) mass is 264 g/mol. The minimum Gasteiger partial charge on any atom is -0.386 e. The van der Waals surface area contributed by atoms with Crippen molar-refractivity contribution in [1.82, 2.24) is 0 Å². The zero-order valence-electron chi connectivity index (χ0n) is 12.2. The number of anilines is 2. The minimum absolute atomic E-state index is 0.163. The summed E-state index contributed by atoms with van der Waals surface area (Å²) in [6.07, 6.45) is 3.78. The summed E-state index contributed by atoms with van der Waals surface area (Å²) in [5, 5.41) is 2.86. The van der Waals surface area contributed by atoms with Gasteiger partial charge in [-0.1, -0.05) is 13.8 Å². The molecule has 1 aromatic rings. The SMILES string of the molecule is CNc1ccc(N2CCC(CC(C)C)CC2)cc1F. The molecule has 0 spiro atoms. The Morgan fingerprint density at radius 1 is 1.32 bits per heavy atom. The maximum Gasteiger partial charge on any atom is 0.148 e. The first-order chi connectivity index (χ1) is 9.10. The fourth-order valence-corrected chi connectivity index (χ4v) is 3.00. The predicted molar refractivity (Wildman–Crippen MR) is 80.3 cm³/mol. The molecule has 19 heavy (non-hydrogen) atoms. The first-order valence-corrected chi connectivity index (χ1v) is 7.32. The lowest BCUT2D eigenvalue weighted by atomic mass is 9.88. The van der Waals surface area contributed by atoms with Crippen LogP contribution in [0.2, 0.25) is 0 Å². The van der Waals surface area contributed by atoms with Crippen molar-refractivity contribution >= 4 is 11.4 Å². The summed E-state index contributed by atoms with van der Waals surface area (Å²) in [6.45, 7) is 6.68. The van der Waals surface area contributed by atoms with E-state index in [0.29, 0.717) is 5.69 Å². The molecule has 1 saturated heterocycles. The summed E-state index contributed by atoms with van der Waals surface area (Å²) < 4.78 is 13.8. The van der Waals surface area contributed by atoms with Crippen molar-refractivity contribution in [3.05, 3.63) is 24.0 Å².